The molecule has 2 aromatic rings. The summed E-state index contributed by atoms with van der Waals surface area (Å²) in [7, 11) is 1.35. The first kappa shape index (κ1) is 19.4. The number of rotatable bonds is 6. The highest BCUT2D eigenvalue weighted by molar-refractivity contribution is 9.10. The average Bonchev–Trinajstić information content (AvgIpc) is 2.58. The van der Waals surface area contributed by atoms with Crippen LogP contribution in [-0.4, -0.2) is 19.8 Å². The minimum Gasteiger partial charge on any atom is -0.493 e. The van der Waals surface area contributed by atoms with Gasteiger partial charge in [0.1, 0.15) is 0 Å². The summed E-state index contributed by atoms with van der Waals surface area (Å²) in [4.78, 5) is 12.5. The van der Waals surface area contributed by atoms with Crippen molar-refractivity contribution in [3.63, 3.8) is 0 Å². The van der Waals surface area contributed by atoms with Crippen molar-refractivity contribution in [3.05, 3.63) is 52.5 Å². The predicted octanol–water partition coefficient (Wildman–Crippen LogP) is 5.26. The molecule has 2 aromatic carbocycles. The maximum atomic E-state index is 12.5. The van der Waals surface area contributed by atoms with E-state index in [4.69, 9.17) is 4.74 Å². The number of benzene rings is 2. The van der Waals surface area contributed by atoms with Crippen LogP contribution in [0, 0.1) is 0 Å². The molecule has 0 radical (unpaired) electrons. The van der Waals surface area contributed by atoms with Gasteiger partial charge in [-0.05, 0) is 49.1 Å². The molecule has 1 saturated carbocycles. The van der Waals surface area contributed by atoms with E-state index in [0.717, 1.165) is 29.3 Å². The van der Waals surface area contributed by atoms with E-state index in [1.54, 1.807) is 6.07 Å². The molecule has 0 heterocycles. The molecule has 1 aliphatic carbocycles. The van der Waals surface area contributed by atoms with Crippen molar-refractivity contribution in [1.29, 1.82) is 0 Å². The Morgan fingerprint density at radius 3 is 2.56 bits per heavy atom. The summed E-state index contributed by atoms with van der Waals surface area (Å²) >= 11 is 3.45. The summed E-state index contributed by atoms with van der Waals surface area (Å²) in [6, 6.07) is 11.7. The van der Waals surface area contributed by atoms with Crippen LogP contribution < -0.4 is 20.1 Å². The molecule has 3 rings (SSSR count). The number of anilines is 1. The van der Waals surface area contributed by atoms with Crippen LogP contribution in [0.4, 0.5) is 19.3 Å². The minimum atomic E-state index is -2.99. The highest BCUT2D eigenvalue weighted by Gasteiger charge is 2.40. The number of carbonyl (C=O) groups is 1. The summed E-state index contributed by atoms with van der Waals surface area (Å²) < 4.78 is 35.5. The van der Waals surface area contributed by atoms with Crippen LogP contribution in [0.25, 0.3) is 0 Å². The number of hydrogen-bond acceptors (Lipinski definition) is 3. The van der Waals surface area contributed by atoms with E-state index in [9.17, 15) is 13.6 Å². The third-order valence-electron chi connectivity index (χ3n) is 4.57. The first-order valence-corrected chi connectivity index (χ1v) is 9.19. The molecule has 0 aromatic heterocycles. The Labute approximate surface area is 164 Å². The van der Waals surface area contributed by atoms with Crippen LogP contribution in [-0.2, 0) is 5.54 Å². The van der Waals surface area contributed by atoms with Gasteiger partial charge in [-0.2, -0.15) is 8.78 Å². The van der Waals surface area contributed by atoms with Crippen LogP contribution in [0.3, 0.4) is 0 Å². The van der Waals surface area contributed by atoms with Crippen molar-refractivity contribution < 1.29 is 23.0 Å². The largest absolute Gasteiger partial charge is 0.493 e. The number of halogens is 3. The normalized spacial score (nSPS) is 15.0. The Balaban J connectivity index is 1.73. The van der Waals surface area contributed by atoms with Gasteiger partial charge in [-0.15, -0.1) is 0 Å². The Bertz CT molecular complexity index is 828. The van der Waals surface area contributed by atoms with Crippen LogP contribution in [0.1, 0.15) is 24.8 Å². The zero-order valence-electron chi connectivity index (χ0n) is 14.6. The smallest absolute Gasteiger partial charge is 0.387 e. The van der Waals surface area contributed by atoms with E-state index >= 15 is 0 Å². The molecular weight excluding hydrogens is 422 g/mol. The lowest BCUT2D eigenvalue weighted by molar-refractivity contribution is -0.0511. The van der Waals surface area contributed by atoms with Gasteiger partial charge in [-0.3, -0.25) is 0 Å². The van der Waals surface area contributed by atoms with E-state index in [-0.39, 0.29) is 11.5 Å². The minimum absolute atomic E-state index is 0.143. The zero-order chi connectivity index (χ0) is 19.4. The second kappa shape index (κ2) is 8.12. The Morgan fingerprint density at radius 1 is 1.19 bits per heavy atom. The number of ether oxygens (including phenoxy) is 2. The number of amides is 2. The zero-order valence-corrected chi connectivity index (χ0v) is 16.2. The number of alkyl halides is 2. The van der Waals surface area contributed by atoms with Crippen molar-refractivity contribution in [3.8, 4) is 11.5 Å². The van der Waals surface area contributed by atoms with Crippen molar-refractivity contribution in [2.24, 2.45) is 0 Å². The molecule has 2 N–H and O–H groups in total. The summed E-state index contributed by atoms with van der Waals surface area (Å²) in [6.45, 7) is -2.99. The molecule has 0 aliphatic heterocycles. The average molecular weight is 441 g/mol. The maximum Gasteiger partial charge on any atom is 0.387 e. The third kappa shape index (κ3) is 4.50. The third-order valence-corrected chi connectivity index (χ3v) is 5.07. The fourth-order valence-corrected chi connectivity index (χ4v) is 3.52. The van der Waals surface area contributed by atoms with Gasteiger partial charge < -0.3 is 20.1 Å². The van der Waals surface area contributed by atoms with Crippen molar-refractivity contribution in [1.82, 2.24) is 5.32 Å². The van der Waals surface area contributed by atoms with Crippen molar-refractivity contribution in [2.75, 3.05) is 12.4 Å². The second-order valence-corrected chi connectivity index (χ2v) is 7.18. The highest BCUT2D eigenvalue weighted by Crippen LogP contribution is 2.42. The summed E-state index contributed by atoms with van der Waals surface area (Å²) in [6.07, 6.45) is 2.68. The molecule has 2 amide bonds. The van der Waals surface area contributed by atoms with Crippen LogP contribution in [0.15, 0.2) is 46.9 Å². The maximum absolute atomic E-state index is 12.5. The number of hydrogen-bond donors (Lipinski definition) is 2. The Hall–Kier alpha value is -2.35. The molecule has 1 fully saturated rings. The van der Waals surface area contributed by atoms with Gasteiger partial charge in [0.15, 0.2) is 11.5 Å². The summed E-state index contributed by atoms with van der Waals surface area (Å²) in [5.41, 5.74) is 0.921. The first-order valence-electron chi connectivity index (χ1n) is 8.40. The molecule has 1 aliphatic rings. The monoisotopic (exact) mass is 440 g/mol. The van der Waals surface area contributed by atoms with E-state index < -0.39 is 18.2 Å². The Kier molecular flexibility index (Phi) is 5.84. The lowest BCUT2D eigenvalue weighted by atomic mass is 9.72. The topological polar surface area (TPSA) is 59.6 Å². The second-order valence-electron chi connectivity index (χ2n) is 6.27. The molecule has 0 saturated heterocycles. The van der Waals surface area contributed by atoms with Gasteiger partial charge in [0.25, 0.3) is 0 Å². The Morgan fingerprint density at radius 2 is 1.96 bits per heavy atom. The lowest BCUT2D eigenvalue weighted by Crippen LogP contribution is -2.52. The number of carbonyl (C=O) groups excluding carboxylic acids is 1. The van der Waals surface area contributed by atoms with Crippen molar-refractivity contribution >= 4 is 27.6 Å². The molecule has 8 heteroatoms. The lowest BCUT2D eigenvalue weighted by Gasteiger charge is -2.43. The molecule has 5 nitrogen and oxygen atoms in total. The molecular formula is C19H19BrF2N2O3. The fraction of sp³-hybridized carbons (Fsp3) is 0.316. The van der Waals surface area contributed by atoms with Gasteiger partial charge in [0.2, 0.25) is 0 Å². The standard InChI is InChI=1S/C19H19BrF2N2O3/c1-26-15-7-6-14(11-16(15)27-17(21)22)23-18(25)24-19(8-3-9-19)12-4-2-5-13(20)10-12/h2,4-7,10-11,17H,3,8-9H2,1H3,(H2,23,24,25). The fourth-order valence-electron chi connectivity index (χ4n) is 3.12. The molecule has 0 spiro atoms. The first-order chi connectivity index (χ1) is 12.9. The van der Waals surface area contributed by atoms with Gasteiger partial charge in [0, 0.05) is 16.2 Å². The van der Waals surface area contributed by atoms with E-state index in [2.05, 4.69) is 31.3 Å². The van der Waals surface area contributed by atoms with Crippen LogP contribution in [0.2, 0.25) is 0 Å². The van der Waals surface area contributed by atoms with Gasteiger partial charge >= 0.3 is 12.6 Å². The summed E-state index contributed by atoms with van der Waals surface area (Å²) in [5.74, 6) is 0.0153. The SMILES string of the molecule is COc1ccc(NC(=O)NC2(c3cccc(Br)c3)CCC2)cc1OC(F)F. The molecule has 27 heavy (non-hydrogen) atoms. The van der Waals surface area contributed by atoms with Gasteiger partial charge in [-0.1, -0.05) is 28.1 Å². The highest BCUT2D eigenvalue weighted by atomic mass is 79.9. The molecule has 0 atom stereocenters. The number of methoxy groups -OCH3 is 1. The molecule has 0 unspecified atom stereocenters. The predicted molar refractivity (Wildman–Crippen MR) is 101 cm³/mol. The number of urea groups is 1. The molecule has 0 bridgehead atoms. The van der Waals surface area contributed by atoms with E-state index in [1.807, 2.05) is 24.3 Å². The van der Waals surface area contributed by atoms with Gasteiger partial charge in [0.05, 0.1) is 12.6 Å². The van der Waals surface area contributed by atoms with Crippen molar-refractivity contribution in [2.45, 2.75) is 31.4 Å². The van der Waals surface area contributed by atoms with Crippen LogP contribution in [0.5, 0.6) is 11.5 Å². The van der Waals surface area contributed by atoms with E-state index in [0.29, 0.717) is 5.69 Å². The van der Waals surface area contributed by atoms with Gasteiger partial charge in [-0.25, -0.2) is 4.79 Å². The van der Waals surface area contributed by atoms with Crippen LogP contribution >= 0.6 is 15.9 Å². The van der Waals surface area contributed by atoms with E-state index in [1.165, 1.54) is 19.2 Å². The number of nitrogens with one attached hydrogen (secondary N) is 2. The molecule has 144 valence electrons. The summed E-state index contributed by atoms with van der Waals surface area (Å²) in [5, 5.41) is 5.69. The quantitative estimate of drug-likeness (QED) is 0.643.